The van der Waals surface area contributed by atoms with Crippen molar-refractivity contribution < 1.29 is 18.0 Å². The number of Topliss-reactive ketones (excluding diaryl/α,β-unsaturated/α-hetero) is 1. The lowest BCUT2D eigenvalue weighted by Gasteiger charge is -2.15. The molecule has 0 aliphatic rings. The van der Waals surface area contributed by atoms with Crippen LogP contribution in [0.15, 0.2) is 54.9 Å². The first-order valence-corrected chi connectivity index (χ1v) is 10.2. The van der Waals surface area contributed by atoms with Crippen molar-refractivity contribution in [2.75, 3.05) is 5.32 Å². The van der Waals surface area contributed by atoms with Gasteiger partial charge in [0.2, 0.25) is 0 Å². The maximum Gasteiger partial charge on any atom is 0.418 e. The number of fused-ring (bicyclic) bond motifs is 1. The van der Waals surface area contributed by atoms with Crippen molar-refractivity contribution in [3.05, 3.63) is 71.7 Å². The first-order valence-electron chi connectivity index (χ1n) is 10.2. The molecule has 4 aromatic heterocycles. The monoisotopic (exact) mass is 451 g/mol. The highest BCUT2D eigenvalue weighted by Gasteiger charge is 2.34. The summed E-state index contributed by atoms with van der Waals surface area (Å²) in [5.74, 6) is 0.472. The molecule has 0 saturated heterocycles. The zero-order valence-corrected chi connectivity index (χ0v) is 18.1. The van der Waals surface area contributed by atoms with Crippen LogP contribution in [-0.4, -0.2) is 25.7 Å². The van der Waals surface area contributed by atoms with E-state index < -0.39 is 11.7 Å². The number of hydrogen-bond donors (Lipinski definition) is 1. The summed E-state index contributed by atoms with van der Waals surface area (Å²) in [5, 5.41) is 3.82. The Morgan fingerprint density at radius 1 is 1.03 bits per heavy atom. The van der Waals surface area contributed by atoms with E-state index in [1.807, 2.05) is 19.9 Å². The van der Waals surface area contributed by atoms with Gasteiger partial charge in [-0.1, -0.05) is 13.8 Å². The minimum absolute atomic E-state index is 0.0500. The quantitative estimate of drug-likeness (QED) is 0.365. The number of halogens is 3. The molecule has 0 unspecified atom stereocenters. The first kappa shape index (κ1) is 22.3. The van der Waals surface area contributed by atoms with Crippen molar-refractivity contribution in [2.24, 2.45) is 0 Å². The molecule has 0 radical (unpaired) electrons. The van der Waals surface area contributed by atoms with Crippen LogP contribution in [0.1, 0.15) is 48.3 Å². The maximum absolute atomic E-state index is 13.5. The van der Waals surface area contributed by atoms with Gasteiger partial charge in [0.05, 0.1) is 16.9 Å². The third-order valence-electron chi connectivity index (χ3n) is 5.07. The number of nitrogens with one attached hydrogen (secondary N) is 1. The standard InChI is InChI=1S/C24H20F3N5O/c1-13(2)19-11-20(30-21-9-6-15(12-29-21)14(3)33)16-7-8-18(31-23(16)32-19)22-17(24(25,26)27)5-4-10-28-22/h4-13H,1-3H3,(H,29,30,31,32). The van der Waals surface area contributed by atoms with Crippen molar-refractivity contribution in [1.82, 2.24) is 19.9 Å². The second kappa shape index (κ2) is 8.57. The molecule has 0 aromatic carbocycles. The summed E-state index contributed by atoms with van der Waals surface area (Å²) in [6, 6.07) is 10.6. The number of rotatable bonds is 5. The van der Waals surface area contributed by atoms with E-state index in [0.717, 1.165) is 6.07 Å². The Balaban J connectivity index is 1.82. The van der Waals surface area contributed by atoms with Gasteiger partial charge in [0, 0.05) is 29.0 Å². The van der Waals surface area contributed by atoms with E-state index in [0.29, 0.717) is 33.8 Å². The van der Waals surface area contributed by atoms with Gasteiger partial charge in [-0.2, -0.15) is 13.2 Å². The number of anilines is 2. The van der Waals surface area contributed by atoms with E-state index in [1.165, 1.54) is 31.5 Å². The Bertz CT molecular complexity index is 1330. The Hall–Kier alpha value is -3.88. The smallest absolute Gasteiger partial charge is 0.340 e. The topological polar surface area (TPSA) is 80.7 Å². The van der Waals surface area contributed by atoms with Gasteiger partial charge >= 0.3 is 6.18 Å². The largest absolute Gasteiger partial charge is 0.418 e. The second-order valence-electron chi connectivity index (χ2n) is 7.83. The summed E-state index contributed by atoms with van der Waals surface area (Å²) in [5.41, 5.74) is 1.13. The van der Waals surface area contributed by atoms with Gasteiger partial charge in [-0.05, 0) is 55.3 Å². The van der Waals surface area contributed by atoms with Crippen LogP contribution in [-0.2, 0) is 6.18 Å². The highest BCUT2D eigenvalue weighted by molar-refractivity contribution is 5.94. The van der Waals surface area contributed by atoms with Gasteiger partial charge in [0.25, 0.3) is 0 Å². The minimum atomic E-state index is -4.56. The van der Waals surface area contributed by atoms with E-state index in [9.17, 15) is 18.0 Å². The lowest BCUT2D eigenvalue weighted by molar-refractivity contribution is -0.137. The molecule has 33 heavy (non-hydrogen) atoms. The van der Waals surface area contributed by atoms with E-state index in [2.05, 4.69) is 25.3 Å². The first-order chi connectivity index (χ1) is 15.6. The van der Waals surface area contributed by atoms with Gasteiger partial charge in [-0.3, -0.25) is 9.78 Å². The summed E-state index contributed by atoms with van der Waals surface area (Å²) in [6.45, 7) is 5.38. The molecule has 0 fully saturated rings. The molecule has 0 spiro atoms. The normalized spacial score (nSPS) is 11.7. The number of alkyl halides is 3. The molecular formula is C24H20F3N5O. The molecule has 168 valence electrons. The molecule has 0 atom stereocenters. The molecule has 4 heterocycles. The molecule has 1 N–H and O–H groups in total. The number of hydrogen-bond acceptors (Lipinski definition) is 6. The van der Waals surface area contributed by atoms with Gasteiger partial charge in [0.15, 0.2) is 11.4 Å². The summed E-state index contributed by atoms with van der Waals surface area (Å²) in [6.07, 6.45) is -1.77. The average Bonchev–Trinajstić information content (AvgIpc) is 2.78. The van der Waals surface area contributed by atoms with Crippen molar-refractivity contribution in [1.29, 1.82) is 0 Å². The van der Waals surface area contributed by atoms with Gasteiger partial charge < -0.3 is 5.32 Å². The number of nitrogens with zero attached hydrogens (tertiary/aromatic N) is 4. The molecule has 4 rings (SSSR count). The number of aromatic nitrogens is 4. The van der Waals surface area contributed by atoms with Gasteiger partial charge in [-0.25, -0.2) is 15.0 Å². The summed E-state index contributed by atoms with van der Waals surface area (Å²) < 4.78 is 40.4. The molecule has 0 aliphatic heterocycles. The molecule has 0 saturated carbocycles. The Morgan fingerprint density at radius 2 is 1.82 bits per heavy atom. The van der Waals surface area contributed by atoms with E-state index in [1.54, 1.807) is 18.2 Å². The predicted octanol–water partition coefficient (Wildman–Crippen LogP) is 6.18. The molecule has 0 amide bonds. The molecule has 4 aromatic rings. The second-order valence-corrected chi connectivity index (χ2v) is 7.83. The zero-order valence-electron chi connectivity index (χ0n) is 18.1. The Labute approximate surface area is 188 Å². The summed E-state index contributed by atoms with van der Waals surface area (Å²) >= 11 is 0. The van der Waals surface area contributed by atoms with Crippen LogP contribution in [0.5, 0.6) is 0 Å². The Morgan fingerprint density at radius 3 is 2.45 bits per heavy atom. The van der Waals surface area contributed by atoms with Crippen molar-refractivity contribution in [3.8, 4) is 11.4 Å². The van der Waals surface area contributed by atoms with Crippen LogP contribution in [0, 0.1) is 0 Å². The number of carbonyl (C=O) groups excluding carboxylic acids is 1. The zero-order chi connectivity index (χ0) is 23.8. The van der Waals surface area contributed by atoms with Crippen molar-refractivity contribution in [3.63, 3.8) is 0 Å². The minimum Gasteiger partial charge on any atom is -0.340 e. The van der Waals surface area contributed by atoms with E-state index in [4.69, 9.17) is 0 Å². The van der Waals surface area contributed by atoms with Crippen LogP contribution in [0.3, 0.4) is 0 Å². The third-order valence-corrected chi connectivity index (χ3v) is 5.07. The van der Waals surface area contributed by atoms with Crippen molar-refractivity contribution in [2.45, 2.75) is 32.9 Å². The Kier molecular flexibility index (Phi) is 5.80. The van der Waals surface area contributed by atoms with Crippen LogP contribution >= 0.6 is 0 Å². The molecule has 6 nitrogen and oxygen atoms in total. The van der Waals surface area contributed by atoms with E-state index >= 15 is 0 Å². The maximum atomic E-state index is 13.5. The van der Waals surface area contributed by atoms with Crippen LogP contribution < -0.4 is 5.32 Å². The SMILES string of the molecule is CC(=O)c1ccc(Nc2cc(C(C)C)nc3nc(-c4ncccc4C(F)(F)F)ccc23)nc1. The number of pyridine rings is 4. The highest BCUT2D eigenvalue weighted by Crippen LogP contribution is 2.36. The fraction of sp³-hybridized carbons (Fsp3) is 0.208. The van der Waals surface area contributed by atoms with Crippen LogP contribution in [0.2, 0.25) is 0 Å². The lowest BCUT2D eigenvalue weighted by Crippen LogP contribution is -2.09. The number of carbonyl (C=O) groups is 1. The molecule has 0 aliphatic carbocycles. The van der Waals surface area contributed by atoms with E-state index in [-0.39, 0.29) is 23.1 Å². The van der Waals surface area contributed by atoms with Crippen molar-refractivity contribution >= 4 is 28.3 Å². The lowest BCUT2D eigenvalue weighted by atomic mass is 10.1. The molecule has 0 bridgehead atoms. The fourth-order valence-electron chi connectivity index (χ4n) is 3.31. The molecule has 9 heteroatoms. The molecular weight excluding hydrogens is 431 g/mol. The number of ketones is 1. The predicted molar refractivity (Wildman–Crippen MR) is 119 cm³/mol. The highest BCUT2D eigenvalue weighted by atomic mass is 19.4. The van der Waals surface area contributed by atoms with Gasteiger partial charge in [-0.15, -0.1) is 0 Å². The fourth-order valence-corrected chi connectivity index (χ4v) is 3.31. The summed E-state index contributed by atoms with van der Waals surface area (Å²) in [4.78, 5) is 28.7. The third kappa shape index (κ3) is 4.67. The summed E-state index contributed by atoms with van der Waals surface area (Å²) in [7, 11) is 0. The van der Waals surface area contributed by atoms with Gasteiger partial charge in [0.1, 0.15) is 11.5 Å². The average molecular weight is 451 g/mol. The van der Waals surface area contributed by atoms with Crippen LogP contribution in [0.25, 0.3) is 22.4 Å². The van der Waals surface area contributed by atoms with Crippen LogP contribution in [0.4, 0.5) is 24.7 Å².